The van der Waals surface area contributed by atoms with Crippen molar-refractivity contribution >= 4 is 11.6 Å². The van der Waals surface area contributed by atoms with E-state index in [0.29, 0.717) is 48.8 Å². The first-order valence-corrected chi connectivity index (χ1v) is 8.98. The molecule has 3 aromatic rings. The highest BCUT2D eigenvalue weighted by atomic mass is 19.1. The molecule has 7 heteroatoms. The van der Waals surface area contributed by atoms with Gasteiger partial charge in [-0.3, -0.25) is 4.79 Å². The van der Waals surface area contributed by atoms with Crippen molar-refractivity contribution in [1.82, 2.24) is 14.9 Å². The molecule has 0 unspecified atom stereocenters. The quantitative estimate of drug-likeness (QED) is 0.699. The summed E-state index contributed by atoms with van der Waals surface area (Å²) in [4.78, 5) is 24.7. The zero-order chi connectivity index (χ0) is 19.5. The van der Waals surface area contributed by atoms with E-state index < -0.39 is 0 Å². The van der Waals surface area contributed by atoms with Crippen LogP contribution in [0, 0.1) is 11.6 Å². The molecule has 0 atom stereocenters. The molecular weight excluding hydrogens is 362 g/mol. The van der Waals surface area contributed by atoms with Crippen LogP contribution in [0.1, 0.15) is 10.4 Å². The molecule has 1 aromatic heterocycles. The summed E-state index contributed by atoms with van der Waals surface area (Å²) in [5, 5.41) is 0. The molecule has 28 heavy (non-hydrogen) atoms. The van der Waals surface area contributed by atoms with Gasteiger partial charge in [0.1, 0.15) is 11.6 Å². The lowest BCUT2D eigenvalue weighted by Crippen LogP contribution is -2.49. The summed E-state index contributed by atoms with van der Waals surface area (Å²) in [7, 11) is 0. The second kappa shape index (κ2) is 7.72. The zero-order valence-electron chi connectivity index (χ0n) is 15.1. The first-order chi connectivity index (χ1) is 13.6. The third kappa shape index (κ3) is 3.69. The minimum atomic E-state index is -0.367. The number of para-hydroxylation sites is 1. The number of halogens is 2. The maximum atomic E-state index is 13.9. The Kier molecular flexibility index (Phi) is 4.97. The van der Waals surface area contributed by atoms with E-state index in [2.05, 4.69) is 9.97 Å². The molecule has 0 bridgehead atoms. The van der Waals surface area contributed by atoms with Crippen LogP contribution in [0.5, 0.6) is 0 Å². The largest absolute Gasteiger partial charge is 0.366 e. The highest BCUT2D eigenvalue weighted by Gasteiger charge is 2.24. The molecule has 0 N–H and O–H groups in total. The second-order valence-electron chi connectivity index (χ2n) is 6.54. The van der Waals surface area contributed by atoms with Crippen LogP contribution in [0.3, 0.4) is 0 Å². The molecule has 0 spiro atoms. The summed E-state index contributed by atoms with van der Waals surface area (Å²) in [5.74, 6) is -0.433. The lowest BCUT2D eigenvalue weighted by atomic mass is 10.2. The van der Waals surface area contributed by atoms with Crippen molar-refractivity contribution < 1.29 is 13.6 Å². The lowest BCUT2D eigenvalue weighted by Gasteiger charge is -2.36. The highest BCUT2D eigenvalue weighted by molar-refractivity contribution is 5.94. The molecule has 0 saturated carbocycles. The Hall–Kier alpha value is -3.35. The van der Waals surface area contributed by atoms with E-state index in [0.717, 1.165) is 0 Å². The fourth-order valence-corrected chi connectivity index (χ4v) is 3.26. The molecule has 0 radical (unpaired) electrons. The molecule has 2 heterocycles. The van der Waals surface area contributed by atoms with Crippen LogP contribution < -0.4 is 4.90 Å². The molecule has 142 valence electrons. The molecule has 1 fully saturated rings. The van der Waals surface area contributed by atoms with Crippen LogP contribution in [0.4, 0.5) is 14.5 Å². The van der Waals surface area contributed by atoms with Crippen molar-refractivity contribution in [2.75, 3.05) is 31.1 Å². The topological polar surface area (TPSA) is 49.3 Å². The minimum Gasteiger partial charge on any atom is -0.366 e. The predicted octanol–water partition coefficient (Wildman–Crippen LogP) is 3.38. The molecule has 4 rings (SSSR count). The summed E-state index contributed by atoms with van der Waals surface area (Å²) in [5.41, 5.74) is 1.48. The van der Waals surface area contributed by atoms with Gasteiger partial charge in [0.15, 0.2) is 5.82 Å². The summed E-state index contributed by atoms with van der Waals surface area (Å²) < 4.78 is 27.3. The molecule has 1 aliphatic rings. The number of piperazine rings is 1. The number of rotatable bonds is 3. The molecule has 0 aliphatic carbocycles. The Morgan fingerprint density at radius 3 is 2.29 bits per heavy atom. The van der Waals surface area contributed by atoms with Gasteiger partial charge in [-0.2, -0.15) is 0 Å². The Labute approximate surface area is 161 Å². The number of hydrogen-bond acceptors (Lipinski definition) is 4. The van der Waals surface area contributed by atoms with Crippen molar-refractivity contribution in [3.05, 3.63) is 78.1 Å². The number of anilines is 1. The Morgan fingerprint density at radius 1 is 0.893 bits per heavy atom. The smallest absolute Gasteiger partial charge is 0.257 e. The van der Waals surface area contributed by atoms with E-state index in [1.807, 2.05) is 4.90 Å². The van der Waals surface area contributed by atoms with Crippen LogP contribution in [0.15, 0.2) is 60.9 Å². The van der Waals surface area contributed by atoms with Crippen molar-refractivity contribution in [3.8, 4) is 11.4 Å². The number of nitrogens with zero attached hydrogens (tertiary/aromatic N) is 4. The maximum Gasteiger partial charge on any atom is 0.257 e. The van der Waals surface area contributed by atoms with Gasteiger partial charge >= 0.3 is 0 Å². The average Bonchev–Trinajstić information content (AvgIpc) is 2.74. The number of amides is 1. The van der Waals surface area contributed by atoms with Gasteiger partial charge in [0.05, 0.1) is 11.3 Å². The third-order valence-electron chi connectivity index (χ3n) is 4.74. The monoisotopic (exact) mass is 380 g/mol. The molecule has 2 aromatic carbocycles. The zero-order valence-corrected chi connectivity index (χ0v) is 15.1. The van der Waals surface area contributed by atoms with Crippen LogP contribution in [0.25, 0.3) is 11.4 Å². The SMILES string of the molecule is O=C(c1cnc(-c2cccc(F)c2)nc1)N1CCN(c2ccccc2F)CC1. The Morgan fingerprint density at radius 2 is 1.61 bits per heavy atom. The first-order valence-electron chi connectivity index (χ1n) is 8.98. The first kappa shape index (κ1) is 18.0. The van der Waals surface area contributed by atoms with Gasteiger partial charge in [-0.1, -0.05) is 24.3 Å². The van der Waals surface area contributed by atoms with E-state index in [9.17, 15) is 13.6 Å². The number of carbonyl (C=O) groups is 1. The van der Waals surface area contributed by atoms with Gasteiger partial charge in [-0.25, -0.2) is 18.7 Å². The standard InChI is InChI=1S/C21H18F2N4O/c22-17-5-3-4-15(12-17)20-24-13-16(14-25-20)21(28)27-10-8-26(9-11-27)19-7-2-1-6-18(19)23/h1-7,12-14H,8-11H2. The van der Waals surface area contributed by atoms with Gasteiger partial charge < -0.3 is 9.80 Å². The second-order valence-corrected chi connectivity index (χ2v) is 6.54. The van der Waals surface area contributed by atoms with E-state index in [1.54, 1.807) is 35.2 Å². The van der Waals surface area contributed by atoms with E-state index in [4.69, 9.17) is 0 Å². The molecule has 5 nitrogen and oxygen atoms in total. The van der Waals surface area contributed by atoms with Crippen molar-refractivity contribution in [2.45, 2.75) is 0 Å². The van der Waals surface area contributed by atoms with Crippen LogP contribution >= 0.6 is 0 Å². The lowest BCUT2D eigenvalue weighted by molar-refractivity contribution is 0.0746. The van der Waals surface area contributed by atoms with Crippen molar-refractivity contribution in [3.63, 3.8) is 0 Å². The third-order valence-corrected chi connectivity index (χ3v) is 4.74. The van der Waals surface area contributed by atoms with Gasteiger partial charge in [0, 0.05) is 44.1 Å². The number of carbonyl (C=O) groups excluding carboxylic acids is 1. The molecule has 1 saturated heterocycles. The van der Waals surface area contributed by atoms with Crippen LogP contribution in [-0.4, -0.2) is 47.0 Å². The summed E-state index contributed by atoms with van der Waals surface area (Å²) in [6.07, 6.45) is 2.91. The number of aromatic nitrogens is 2. The fourth-order valence-electron chi connectivity index (χ4n) is 3.26. The number of benzene rings is 2. The molecule has 1 aliphatic heterocycles. The van der Waals surface area contributed by atoms with Gasteiger partial charge in [0.2, 0.25) is 0 Å². The summed E-state index contributed by atoms with van der Waals surface area (Å²) >= 11 is 0. The maximum absolute atomic E-state index is 13.9. The predicted molar refractivity (Wildman–Crippen MR) is 102 cm³/mol. The van der Waals surface area contributed by atoms with Gasteiger partial charge in [-0.15, -0.1) is 0 Å². The Bertz CT molecular complexity index is 986. The van der Waals surface area contributed by atoms with Gasteiger partial charge in [0.25, 0.3) is 5.91 Å². The van der Waals surface area contributed by atoms with E-state index in [-0.39, 0.29) is 17.5 Å². The van der Waals surface area contributed by atoms with E-state index >= 15 is 0 Å². The van der Waals surface area contributed by atoms with Crippen molar-refractivity contribution in [1.29, 1.82) is 0 Å². The fraction of sp³-hybridized carbons (Fsp3) is 0.190. The summed E-state index contributed by atoms with van der Waals surface area (Å²) in [6.45, 7) is 2.07. The highest BCUT2D eigenvalue weighted by Crippen LogP contribution is 2.21. The summed E-state index contributed by atoms with van der Waals surface area (Å²) in [6, 6.07) is 12.6. The normalized spacial score (nSPS) is 14.2. The van der Waals surface area contributed by atoms with Crippen LogP contribution in [0.2, 0.25) is 0 Å². The van der Waals surface area contributed by atoms with Crippen molar-refractivity contribution in [2.24, 2.45) is 0 Å². The minimum absolute atomic E-state index is 0.168. The molecular formula is C21H18F2N4O. The van der Waals surface area contributed by atoms with E-state index in [1.165, 1.54) is 30.6 Å². The Balaban J connectivity index is 1.42. The number of hydrogen-bond donors (Lipinski definition) is 0. The van der Waals surface area contributed by atoms with Gasteiger partial charge in [-0.05, 0) is 24.3 Å². The van der Waals surface area contributed by atoms with Crippen LogP contribution in [-0.2, 0) is 0 Å². The molecule has 1 amide bonds. The average molecular weight is 380 g/mol.